The topological polar surface area (TPSA) is 58.0 Å². The molecule has 0 amide bonds. The molecule has 1 aromatic carbocycles. The summed E-state index contributed by atoms with van der Waals surface area (Å²) in [5.74, 6) is 0.591. The van der Waals surface area contributed by atoms with Crippen molar-refractivity contribution in [3.05, 3.63) is 53.4 Å². The minimum atomic E-state index is -0.206. The van der Waals surface area contributed by atoms with E-state index in [-0.39, 0.29) is 12.6 Å². The first-order valence-corrected chi connectivity index (χ1v) is 5.57. The number of nitrogens with zero attached hydrogens (tertiary/aromatic N) is 2. The van der Waals surface area contributed by atoms with Crippen molar-refractivity contribution in [3.63, 3.8) is 0 Å². The Bertz CT molecular complexity index is 478. The van der Waals surface area contributed by atoms with Crippen molar-refractivity contribution in [2.45, 2.75) is 6.04 Å². The summed E-state index contributed by atoms with van der Waals surface area (Å²) in [5, 5.41) is 12.8. The van der Waals surface area contributed by atoms with Crippen LogP contribution < -0.4 is 5.32 Å². The Balaban J connectivity index is 2.16. The number of aromatic nitrogens is 2. The largest absolute Gasteiger partial charge is 0.394 e. The lowest BCUT2D eigenvalue weighted by atomic mass is 10.1. The summed E-state index contributed by atoms with van der Waals surface area (Å²) in [7, 11) is 0. The van der Waals surface area contributed by atoms with Gasteiger partial charge in [-0.3, -0.25) is 0 Å². The second-order valence-corrected chi connectivity index (χ2v) is 3.90. The van der Waals surface area contributed by atoms with Gasteiger partial charge in [0.2, 0.25) is 0 Å². The molecular weight excluding hydrogens is 238 g/mol. The van der Waals surface area contributed by atoms with Crippen LogP contribution in [0.3, 0.4) is 0 Å². The lowest BCUT2D eigenvalue weighted by Crippen LogP contribution is -2.15. The number of hydrogen-bond donors (Lipinski definition) is 2. The van der Waals surface area contributed by atoms with Crippen LogP contribution in [0.5, 0.6) is 0 Å². The molecule has 5 heteroatoms. The lowest BCUT2D eigenvalue weighted by molar-refractivity contribution is 0.276. The Hall–Kier alpha value is -1.65. The molecule has 4 nitrogen and oxygen atoms in total. The van der Waals surface area contributed by atoms with Gasteiger partial charge in [-0.25, -0.2) is 9.97 Å². The average Bonchev–Trinajstić information content (AvgIpc) is 2.37. The molecule has 17 heavy (non-hydrogen) atoms. The number of halogens is 1. The molecule has 1 heterocycles. The fourth-order valence-corrected chi connectivity index (χ4v) is 1.66. The molecule has 1 unspecified atom stereocenters. The zero-order valence-corrected chi connectivity index (χ0v) is 9.80. The van der Waals surface area contributed by atoms with Crippen molar-refractivity contribution in [1.82, 2.24) is 9.97 Å². The zero-order valence-electron chi connectivity index (χ0n) is 9.05. The quantitative estimate of drug-likeness (QED) is 0.817. The van der Waals surface area contributed by atoms with Crippen LogP contribution in [0.15, 0.2) is 42.7 Å². The number of aliphatic hydroxyl groups excluding tert-OH is 1. The summed E-state index contributed by atoms with van der Waals surface area (Å²) in [6.07, 6.45) is 1.38. The van der Waals surface area contributed by atoms with Gasteiger partial charge < -0.3 is 10.4 Å². The van der Waals surface area contributed by atoms with Gasteiger partial charge in [0.15, 0.2) is 0 Å². The molecule has 88 valence electrons. The molecule has 2 aromatic rings. The normalized spacial score (nSPS) is 12.1. The Labute approximate surface area is 104 Å². The second-order valence-electron chi connectivity index (χ2n) is 3.52. The van der Waals surface area contributed by atoms with E-state index in [9.17, 15) is 5.11 Å². The van der Waals surface area contributed by atoms with Crippen molar-refractivity contribution in [2.75, 3.05) is 11.9 Å². The minimum absolute atomic E-state index is 0.0222. The van der Waals surface area contributed by atoms with E-state index >= 15 is 0 Å². The molecular formula is C12H12ClN3O. The van der Waals surface area contributed by atoms with Crippen molar-refractivity contribution in [2.24, 2.45) is 0 Å². The standard InChI is InChI=1S/C12H12ClN3O/c13-11-6-12(15-8-14-11)16-10(7-17)9-4-2-1-3-5-9/h1-6,8,10,17H,7H2,(H,14,15,16). The zero-order chi connectivity index (χ0) is 12.1. The van der Waals surface area contributed by atoms with Gasteiger partial charge in [-0.05, 0) is 5.56 Å². The first-order chi connectivity index (χ1) is 8.29. The number of benzene rings is 1. The predicted molar refractivity (Wildman–Crippen MR) is 66.9 cm³/mol. The number of aliphatic hydroxyl groups is 1. The smallest absolute Gasteiger partial charge is 0.134 e. The van der Waals surface area contributed by atoms with Crippen LogP contribution in [-0.4, -0.2) is 21.7 Å². The maximum Gasteiger partial charge on any atom is 0.134 e. The van der Waals surface area contributed by atoms with Crippen LogP contribution in [0.4, 0.5) is 5.82 Å². The van der Waals surface area contributed by atoms with Crippen LogP contribution in [0.2, 0.25) is 5.15 Å². The average molecular weight is 250 g/mol. The van der Waals surface area contributed by atoms with Crippen molar-refractivity contribution in [1.29, 1.82) is 0 Å². The number of nitrogens with one attached hydrogen (secondary N) is 1. The van der Waals surface area contributed by atoms with E-state index in [2.05, 4.69) is 15.3 Å². The van der Waals surface area contributed by atoms with E-state index in [0.717, 1.165) is 5.56 Å². The fraction of sp³-hybridized carbons (Fsp3) is 0.167. The predicted octanol–water partition coefficient (Wildman–Crippen LogP) is 2.28. The Morgan fingerprint density at radius 3 is 2.65 bits per heavy atom. The summed E-state index contributed by atoms with van der Waals surface area (Å²) in [6.45, 7) is -0.0222. The molecule has 0 spiro atoms. The molecule has 0 saturated carbocycles. The highest BCUT2D eigenvalue weighted by molar-refractivity contribution is 6.29. The van der Waals surface area contributed by atoms with Gasteiger partial charge in [-0.2, -0.15) is 0 Å². The van der Waals surface area contributed by atoms with Crippen LogP contribution in [0.25, 0.3) is 0 Å². The van der Waals surface area contributed by atoms with Crippen molar-refractivity contribution >= 4 is 17.4 Å². The van der Waals surface area contributed by atoms with Gasteiger partial charge in [-0.15, -0.1) is 0 Å². The van der Waals surface area contributed by atoms with Gasteiger partial charge in [0.05, 0.1) is 12.6 Å². The SMILES string of the molecule is OCC(Nc1cc(Cl)ncn1)c1ccccc1. The molecule has 2 rings (SSSR count). The monoisotopic (exact) mass is 249 g/mol. The van der Waals surface area contributed by atoms with Gasteiger partial charge >= 0.3 is 0 Å². The van der Waals surface area contributed by atoms with Gasteiger partial charge in [0.1, 0.15) is 17.3 Å². The number of hydrogen-bond acceptors (Lipinski definition) is 4. The Morgan fingerprint density at radius 1 is 1.24 bits per heavy atom. The number of rotatable bonds is 4. The summed E-state index contributed by atoms with van der Waals surface area (Å²) in [6, 6.07) is 11.1. The molecule has 1 aromatic heterocycles. The van der Waals surface area contributed by atoms with Crippen LogP contribution in [0, 0.1) is 0 Å². The summed E-state index contributed by atoms with van der Waals surface area (Å²) >= 11 is 5.76. The second kappa shape index (κ2) is 5.61. The van der Waals surface area contributed by atoms with E-state index in [1.165, 1.54) is 6.33 Å². The van der Waals surface area contributed by atoms with E-state index in [0.29, 0.717) is 11.0 Å². The van der Waals surface area contributed by atoms with Crippen molar-refractivity contribution < 1.29 is 5.11 Å². The molecule has 0 fully saturated rings. The minimum Gasteiger partial charge on any atom is -0.394 e. The summed E-state index contributed by atoms with van der Waals surface area (Å²) in [5.41, 5.74) is 0.990. The molecule has 0 radical (unpaired) electrons. The Morgan fingerprint density at radius 2 is 2.00 bits per heavy atom. The lowest BCUT2D eigenvalue weighted by Gasteiger charge is -2.17. The maximum absolute atomic E-state index is 9.37. The van der Waals surface area contributed by atoms with Crippen LogP contribution in [-0.2, 0) is 0 Å². The third-order valence-corrected chi connectivity index (χ3v) is 2.55. The highest BCUT2D eigenvalue weighted by atomic mass is 35.5. The molecule has 0 aliphatic rings. The molecule has 0 bridgehead atoms. The third-order valence-electron chi connectivity index (χ3n) is 2.34. The Kier molecular flexibility index (Phi) is 3.90. The van der Waals surface area contributed by atoms with Crippen LogP contribution >= 0.6 is 11.6 Å². The maximum atomic E-state index is 9.37. The molecule has 0 aliphatic carbocycles. The van der Waals surface area contributed by atoms with E-state index in [1.54, 1.807) is 6.07 Å². The molecule has 2 N–H and O–H groups in total. The molecule has 0 saturated heterocycles. The first-order valence-electron chi connectivity index (χ1n) is 5.19. The third kappa shape index (κ3) is 3.15. The van der Waals surface area contributed by atoms with Gasteiger partial charge in [0.25, 0.3) is 0 Å². The fourth-order valence-electron chi connectivity index (χ4n) is 1.51. The van der Waals surface area contributed by atoms with E-state index in [1.807, 2.05) is 30.3 Å². The summed E-state index contributed by atoms with van der Waals surface area (Å²) < 4.78 is 0. The highest BCUT2D eigenvalue weighted by Crippen LogP contribution is 2.18. The molecule has 0 aliphatic heterocycles. The van der Waals surface area contributed by atoms with E-state index < -0.39 is 0 Å². The number of anilines is 1. The highest BCUT2D eigenvalue weighted by Gasteiger charge is 2.10. The van der Waals surface area contributed by atoms with Crippen LogP contribution in [0.1, 0.15) is 11.6 Å². The van der Waals surface area contributed by atoms with Gasteiger partial charge in [-0.1, -0.05) is 41.9 Å². The summed E-state index contributed by atoms with van der Waals surface area (Å²) in [4.78, 5) is 7.83. The van der Waals surface area contributed by atoms with Crippen molar-refractivity contribution in [3.8, 4) is 0 Å². The first kappa shape index (κ1) is 11.8. The van der Waals surface area contributed by atoms with Gasteiger partial charge in [0, 0.05) is 6.07 Å². The molecule has 1 atom stereocenters. The van der Waals surface area contributed by atoms with E-state index in [4.69, 9.17) is 11.6 Å².